The van der Waals surface area contributed by atoms with Gasteiger partial charge in [0.1, 0.15) is 5.82 Å². The average Bonchev–Trinajstić information content (AvgIpc) is 3.25. The van der Waals surface area contributed by atoms with E-state index in [2.05, 4.69) is 25.5 Å². The van der Waals surface area contributed by atoms with Crippen molar-refractivity contribution < 1.29 is 4.79 Å². The third-order valence-corrected chi connectivity index (χ3v) is 6.20. The summed E-state index contributed by atoms with van der Waals surface area (Å²) >= 11 is 1.25. The summed E-state index contributed by atoms with van der Waals surface area (Å²) in [4.78, 5) is 40.9. The summed E-state index contributed by atoms with van der Waals surface area (Å²) in [6.07, 6.45) is 0.184. The van der Waals surface area contributed by atoms with Gasteiger partial charge in [0.2, 0.25) is 5.91 Å². The Bertz CT molecular complexity index is 1590. The molecule has 0 saturated carbocycles. The van der Waals surface area contributed by atoms with Crippen LogP contribution in [0.25, 0.3) is 16.5 Å². The smallest absolute Gasteiger partial charge is 0.325 e. The van der Waals surface area contributed by atoms with E-state index in [1.54, 1.807) is 0 Å². The number of fused-ring (bicyclic) bond motifs is 1. The van der Waals surface area contributed by atoms with E-state index in [1.807, 2.05) is 77.4 Å². The van der Waals surface area contributed by atoms with E-state index in [9.17, 15) is 14.4 Å². The maximum absolute atomic E-state index is 12.8. The summed E-state index contributed by atoms with van der Waals surface area (Å²) in [5.74, 6) is 0.472. The summed E-state index contributed by atoms with van der Waals surface area (Å²) in [6.45, 7) is 0. The largest absolute Gasteiger partial charge is 0.325 e. The molecule has 5 rings (SSSR count). The maximum atomic E-state index is 12.8. The maximum Gasteiger partial charge on any atom is 0.325 e. The minimum Gasteiger partial charge on any atom is -0.325 e. The zero-order chi connectivity index (χ0) is 24.2. The minimum absolute atomic E-state index is 0.121. The van der Waals surface area contributed by atoms with Crippen LogP contribution in [0.2, 0.25) is 0 Å². The predicted molar refractivity (Wildman–Crippen MR) is 135 cm³/mol. The van der Waals surface area contributed by atoms with Crippen LogP contribution < -0.4 is 16.6 Å². The number of aromatic nitrogens is 5. The SMILES string of the molecule is O=C(CSc1nnc(Cc2cc(=O)[nH]c(=O)[nH]2)n1-c1ccccc1)Nc1cccc2ccccc12. The first kappa shape index (κ1) is 22.4. The highest BCUT2D eigenvalue weighted by Gasteiger charge is 2.17. The average molecular weight is 485 g/mol. The first-order valence-corrected chi connectivity index (χ1v) is 11.8. The van der Waals surface area contributed by atoms with Gasteiger partial charge >= 0.3 is 5.69 Å². The van der Waals surface area contributed by atoms with Crippen LogP contribution in [0.4, 0.5) is 5.69 Å². The van der Waals surface area contributed by atoms with Crippen LogP contribution in [0.15, 0.2) is 93.6 Å². The monoisotopic (exact) mass is 484 g/mol. The Hall–Kier alpha value is -4.44. The number of aromatic amines is 2. The highest BCUT2D eigenvalue weighted by Crippen LogP contribution is 2.25. The van der Waals surface area contributed by atoms with Gasteiger partial charge in [0, 0.05) is 34.9 Å². The molecule has 0 aliphatic carbocycles. The molecular weight excluding hydrogens is 464 g/mol. The van der Waals surface area contributed by atoms with Crippen LogP contribution in [0.5, 0.6) is 0 Å². The molecule has 0 aliphatic heterocycles. The molecule has 0 aliphatic rings. The van der Waals surface area contributed by atoms with Crippen LogP contribution in [0.1, 0.15) is 11.5 Å². The second-order valence-corrected chi connectivity index (χ2v) is 8.67. The summed E-state index contributed by atoms with van der Waals surface area (Å²) in [6, 6.07) is 24.4. The van der Waals surface area contributed by atoms with Gasteiger partial charge in [0.15, 0.2) is 5.16 Å². The van der Waals surface area contributed by atoms with E-state index in [-0.39, 0.29) is 18.1 Å². The van der Waals surface area contributed by atoms with Gasteiger partial charge in [-0.25, -0.2) is 4.79 Å². The van der Waals surface area contributed by atoms with E-state index < -0.39 is 11.2 Å². The normalized spacial score (nSPS) is 11.0. The molecule has 0 radical (unpaired) electrons. The lowest BCUT2D eigenvalue weighted by Gasteiger charge is -2.11. The zero-order valence-corrected chi connectivity index (χ0v) is 19.2. The van der Waals surface area contributed by atoms with E-state index in [0.29, 0.717) is 16.7 Å². The van der Waals surface area contributed by atoms with Crippen molar-refractivity contribution >= 4 is 34.1 Å². The number of hydrogen-bond donors (Lipinski definition) is 3. The molecule has 3 aromatic carbocycles. The van der Waals surface area contributed by atoms with Crippen LogP contribution in [0, 0.1) is 0 Å². The minimum atomic E-state index is -0.585. The number of H-pyrrole nitrogens is 2. The Morgan fingerprint density at radius 2 is 1.69 bits per heavy atom. The first-order valence-electron chi connectivity index (χ1n) is 10.8. The summed E-state index contributed by atoms with van der Waals surface area (Å²) in [7, 11) is 0. The molecule has 5 aromatic rings. The third-order valence-electron chi connectivity index (χ3n) is 5.28. The Morgan fingerprint density at radius 1 is 0.914 bits per heavy atom. The number of nitrogens with zero attached hydrogens (tertiary/aromatic N) is 3. The van der Waals surface area contributed by atoms with Crippen molar-refractivity contribution in [1.29, 1.82) is 0 Å². The van der Waals surface area contributed by atoms with Crippen LogP contribution in [-0.2, 0) is 11.2 Å². The first-order chi connectivity index (χ1) is 17.1. The topological polar surface area (TPSA) is 126 Å². The van der Waals surface area contributed by atoms with Gasteiger partial charge in [0.05, 0.1) is 5.75 Å². The fourth-order valence-corrected chi connectivity index (χ4v) is 4.55. The summed E-state index contributed by atoms with van der Waals surface area (Å²) in [5.41, 5.74) is 0.884. The molecule has 3 N–H and O–H groups in total. The Morgan fingerprint density at radius 3 is 2.51 bits per heavy atom. The lowest BCUT2D eigenvalue weighted by molar-refractivity contribution is -0.113. The van der Waals surface area contributed by atoms with Crippen molar-refractivity contribution in [2.45, 2.75) is 11.6 Å². The third kappa shape index (κ3) is 5.07. The second-order valence-electron chi connectivity index (χ2n) is 7.72. The van der Waals surface area contributed by atoms with E-state index >= 15 is 0 Å². The molecule has 2 heterocycles. The number of amides is 1. The zero-order valence-electron chi connectivity index (χ0n) is 18.4. The number of para-hydroxylation sites is 1. The van der Waals surface area contributed by atoms with Gasteiger partial charge in [-0.15, -0.1) is 10.2 Å². The summed E-state index contributed by atoms with van der Waals surface area (Å²) in [5, 5.41) is 14.1. The second kappa shape index (κ2) is 9.82. The van der Waals surface area contributed by atoms with E-state index in [1.165, 1.54) is 17.8 Å². The Labute approximate surface area is 203 Å². The quantitative estimate of drug-likeness (QED) is 0.305. The van der Waals surface area contributed by atoms with Crippen molar-refractivity contribution in [3.05, 3.63) is 111 Å². The molecule has 0 spiro atoms. The van der Waals surface area contributed by atoms with Crippen molar-refractivity contribution in [3.8, 4) is 5.69 Å². The van der Waals surface area contributed by atoms with E-state index in [0.717, 1.165) is 22.1 Å². The van der Waals surface area contributed by atoms with Gasteiger partial charge in [-0.2, -0.15) is 0 Å². The highest BCUT2D eigenvalue weighted by atomic mass is 32.2. The molecule has 2 aromatic heterocycles. The highest BCUT2D eigenvalue weighted by molar-refractivity contribution is 7.99. The number of benzene rings is 3. The lowest BCUT2D eigenvalue weighted by atomic mass is 10.1. The molecule has 0 bridgehead atoms. The molecule has 0 fully saturated rings. The molecular formula is C25H20N6O3S. The van der Waals surface area contributed by atoms with Crippen molar-refractivity contribution in [2.24, 2.45) is 0 Å². The van der Waals surface area contributed by atoms with Gasteiger partial charge < -0.3 is 10.3 Å². The molecule has 1 amide bonds. The Balaban J connectivity index is 1.39. The van der Waals surface area contributed by atoms with Crippen LogP contribution in [0.3, 0.4) is 0 Å². The summed E-state index contributed by atoms with van der Waals surface area (Å²) < 4.78 is 1.81. The Kier molecular flexibility index (Phi) is 6.27. The molecule has 0 unspecified atom stereocenters. The van der Waals surface area contributed by atoms with Gasteiger partial charge in [0.25, 0.3) is 5.56 Å². The van der Waals surface area contributed by atoms with Gasteiger partial charge in [-0.3, -0.25) is 19.1 Å². The van der Waals surface area contributed by atoms with Crippen molar-refractivity contribution in [2.75, 3.05) is 11.1 Å². The standard InChI is InChI=1S/C25H20N6O3S/c32-22-14-17(26-24(34)28-22)13-21-29-30-25(31(21)18-9-2-1-3-10-18)35-15-23(33)27-20-12-6-8-16-7-4-5-11-19(16)20/h1-12,14H,13,15H2,(H,27,33)(H2,26,28,32,34). The van der Waals surface area contributed by atoms with Crippen LogP contribution >= 0.6 is 11.8 Å². The molecule has 0 saturated heterocycles. The number of nitrogens with one attached hydrogen (secondary N) is 3. The molecule has 0 atom stereocenters. The predicted octanol–water partition coefficient (Wildman–Crippen LogP) is 3.12. The van der Waals surface area contributed by atoms with Crippen LogP contribution in [-0.4, -0.2) is 36.4 Å². The molecule has 174 valence electrons. The number of carbonyl (C=O) groups is 1. The van der Waals surface area contributed by atoms with Crippen molar-refractivity contribution in [3.63, 3.8) is 0 Å². The lowest BCUT2D eigenvalue weighted by Crippen LogP contribution is -2.23. The number of hydrogen-bond acceptors (Lipinski definition) is 6. The van der Waals surface area contributed by atoms with Gasteiger partial charge in [-0.05, 0) is 23.6 Å². The number of thioether (sulfide) groups is 1. The van der Waals surface area contributed by atoms with E-state index in [4.69, 9.17) is 0 Å². The fourth-order valence-electron chi connectivity index (χ4n) is 3.78. The molecule has 10 heteroatoms. The number of rotatable bonds is 7. The molecule has 35 heavy (non-hydrogen) atoms. The number of anilines is 1. The molecule has 9 nitrogen and oxygen atoms in total. The fraction of sp³-hybridized carbons (Fsp3) is 0.0800. The number of carbonyl (C=O) groups excluding carboxylic acids is 1. The van der Waals surface area contributed by atoms with Gasteiger partial charge in [-0.1, -0.05) is 66.4 Å². The van der Waals surface area contributed by atoms with Crippen molar-refractivity contribution in [1.82, 2.24) is 24.7 Å².